The Hall–Kier alpha value is -1.19. The zero-order chi connectivity index (χ0) is 7.94. The van der Waals surface area contributed by atoms with E-state index in [-0.39, 0.29) is 0 Å². The highest BCUT2D eigenvalue weighted by Gasteiger charge is 2.00. The summed E-state index contributed by atoms with van der Waals surface area (Å²) >= 11 is 0. The van der Waals surface area contributed by atoms with Gasteiger partial charge < -0.3 is 15.5 Å². The van der Waals surface area contributed by atoms with Gasteiger partial charge in [-0.05, 0) is 6.42 Å². The van der Waals surface area contributed by atoms with Crippen LogP contribution in [-0.2, 0) is 4.79 Å². The van der Waals surface area contributed by atoms with Gasteiger partial charge in [0.2, 0.25) is 6.41 Å². The molecule has 1 aliphatic rings. The first-order valence-corrected chi connectivity index (χ1v) is 3.74. The van der Waals surface area contributed by atoms with Gasteiger partial charge >= 0.3 is 0 Å². The van der Waals surface area contributed by atoms with E-state index in [0.717, 1.165) is 32.6 Å². The zero-order valence-electron chi connectivity index (χ0n) is 6.42. The molecule has 0 saturated heterocycles. The van der Waals surface area contributed by atoms with Gasteiger partial charge in [-0.1, -0.05) is 0 Å². The van der Waals surface area contributed by atoms with E-state index in [1.807, 2.05) is 12.4 Å². The number of hydrogen-bond donors (Lipinski definition) is 2. The number of carbonyl (C=O) groups excluding carboxylic acids is 1. The van der Waals surface area contributed by atoms with Gasteiger partial charge in [-0.15, -0.1) is 0 Å². The smallest absolute Gasteiger partial charge is 0.207 e. The molecule has 0 aromatic rings. The lowest BCUT2D eigenvalue weighted by Crippen LogP contribution is -2.24. The highest BCUT2D eigenvalue weighted by Crippen LogP contribution is 1.94. The number of nitrogens with one attached hydrogen (secondary N) is 2. The lowest BCUT2D eigenvalue weighted by atomic mass is 10.4. The molecule has 0 atom stereocenters. The van der Waals surface area contributed by atoms with Gasteiger partial charge in [-0.3, -0.25) is 4.79 Å². The third kappa shape index (κ3) is 2.93. The third-order valence-electron chi connectivity index (χ3n) is 1.55. The van der Waals surface area contributed by atoms with E-state index >= 15 is 0 Å². The molecule has 4 heteroatoms. The van der Waals surface area contributed by atoms with E-state index in [1.165, 1.54) is 0 Å². The van der Waals surface area contributed by atoms with Crippen molar-refractivity contribution in [3.63, 3.8) is 0 Å². The molecule has 0 aromatic carbocycles. The van der Waals surface area contributed by atoms with Crippen LogP contribution in [-0.4, -0.2) is 31.1 Å². The molecule has 0 saturated carbocycles. The zero-order valence-corrected chi connectivity index (χ0v) is 6.42. The Morgan fingerprint density at radius 1 is 1.73 bits per heavy atom. The first-order chi connectivity index (χ1) is 5.43. The minimum Gasteiger partial charge on any atom is -0.373 e. The van der Waals surface area contributed by atoms with Crippen molar-refractivity contribution < 1.29 is 4.79 Å². The molecule has 0 aromatic heterocycles. The molecule has 0 fully saturated rings. The SMILES string of the molecule is O=CNCCCN1C=CNC1. The van der Waals surface area contributed by atoms with Crippen LogP contribution in [0.15, 0.2) is 12.4 Å². The Kier molecular flexibility index (Phi) is 3.31. The second-order valence-corrected chi connectivity index (χ2v) is 2.42. The summed E-state index contributed by atoms with van der Waals surface area (Å²) in [6.07, 6.45) is 5.66. The van der Waals surface area contributed by atoms with Gasteiger partial charge in [0.15, 0.2) is 0 Å². The van der Waals surface area contributed by atoms with Gasteiger partial charge in [0, 0.05) is 25.5 Å². The molecule has 1 rings (SSSR count). The molecule has 62 valence electrons. The van der Waals surface area contributed by atoms with Gasteiger partial charge in [0.05, 0.1) is 6.67 Å². The summed E-state index contributed by atoms with van der Waals surface area (Å²) in [7, 11) is 0. The predicted octanol–water partition coefficient (Wildman–Crippen LogP) is -0.544. The first-order valence-electron chi connectivity index (χ1n) is 3.74. The Balaban J connectivity index is 1.94. The average molecular weight is 155 g/mol. The lowest BCUT2D eigenvalue weighted by Gasteiger charge is -2.13. The Morgan fingerprint density at radius 3 is 3.27 bits per heavy atom. The van der Waals surface area contributed by atoms with Crippen molar-refractivity contribution in [3.8, 4) is 0 Å². The summed E-state index contributed by atoms with van der Waals surface area (Å²) in [4.78, 5) is 12.0. The summed E-state index contributed by atoms with van der Waals surface area (Å²) in [5.74, 6) is 0. The highest BCUT2D eigenvalue weighted by molar-refractivity contribution is 5.45. The lowest BCUT2D eigenvalue weighted by molar-refractivity contribution is -0.109. The predicted molar refractivity (Wildman–Crippen MR) is 42.5 cm³/mol. The molecule has 0 spiro atoms. The van der Waals surface area contributed by atoms with Gasteiger partial charge in [0.25, 0.3) is 0 Å². The summed E-state index contributed by atoms with van der Waals surface area (Å²) in [6.45, 7) is 2.64. The summed E-state index contributed by atoms with van der Waals surface area (Å²) in [5, 5.41) is 5.69. The third-order valence-corrected chi connectivity index (χ3v) is 1.55. The van der Waals surface area contributed by atoms with Gasteiger partial charge in [0.1, 0.15) is 0 Å². The van der Waals surface area contributed by atoms with E-state index < -0.39 is 0 Å². The molecule has 0 aliphatic carbocycles. The van der Waals surface area contributed by atoms with Crippen molar-refractivity contribution in [1.82, 2.24) is 15.5 Å². The maximum absolute atomic E-state index is 9.85. The molecule has 11 heavy (non-hydrogen) atoms. The summed E-state index contributed by atoms with van der Waals surface area (Å²) < 4.78 is 0. The van der Waals surface area contributed by atoms with Crippen LogP contribution in [0.25, 0.3) is 0 Å². The van der Waals surface area contributed by atoms with Crippen molar-refractivity contribution in [2.24, 2.45) is 0 Å². The van der Waals surface area contributed by atoms with Crippen molar-refractivity contribution in [2.45, 2.75) is 6.42 Å². The monoisotopic (exact) mass is 155 g/mol. The molecule has 4 nitrogen and oxygen atoms in total. The molecule has 1 heterocycles. The second-order valence-electron chi connectivity index (χ2n) is 2.42. The van der Waals surface area contributed by atoms with Crippen LogP contribution in [0.3, 0.4) is 0 Å². The minimum atomic E-state index is 0.734. The van der Waals surface area contributed by atoms with Crippen LogP contribution in [0.1, 0.15) is 6.42 Å². The van der Waals surface area contributed by atoms with Crippen LogP contribution in [0.5, 0.6) is 0 Å². The van der Waals surface area contributed by atoms with Crippen molar-refractivity contribution >= 4 is 6.41 Å². The number of amides is 1. The molecule has 0 unspecified atom stereocenters. The summed E-state index contributed by atoms with van der Waals surface area (Å²) in [5.41, 5.74) is 0. The fourth-order valence-electron chi connectivity index (χ4n) is 0.978. The molecule has 1 aliphatic heterocycles. The van der Waals surface area contributed by atoms with Gasteiger partial charge in [-0.25, -0.2) is 0 Å². The molecular formula is C7H13N3O. The second kappa shape index (κ2) is 4.60. The van der Waals surface area contributed by atoms with Crippen LogP contribution < -0.4 is 10.6 Å². The van der Waals surface area contributed by atoms with Gasteiger partial charge in [-0.2, -0.15) is 0 Å². The van der Waals surface area contributed by atoms with Crippen LogP contribution in [0, 0.1) is 0 Å². The normalized spacial score (nSPS) is 14.7. The van der Waals surface area contributed by atoms with Crippen molar-refractivity contribution in [1.29, 1.82) is 0 Å². The first kappa shape index (κ1) is 7.91. The molecule has 0 bridgehead atoms. The molecule has 0 radical (unpaired) electrons. The highest BCUT2D eigenvalue weighted by atomic mass is 16.1. The van der Waals surface area contributed by atoms with E-state index in [9.17, 15) is 4.79 Å². The van der Waals surface area contributed by atoms with Crippen LogP contribution >= 0.6 is 0 Å². The van der Waals surface area contributed by atoms with E-state index in [2.05, 4.69) is 15.5 Å². The van der Waals surface area contributed by atoms with Crippen molar-refractivity contribution in [3.05, 3.63) is 12.4 Å². The largest absolute Gasteiger partial charge is 0.373 e. The minimum absolute atomic E-state index is 0.734. The number of nitrogens with zero attached hydrogens (tertiary/aromatic N) is 1. The number of hydrogen-bond acceptors (Lipinski definition) is 3. The Bertz CT molecular complexity index is 147. The molecule has 2 N–H and O–H groups in total. The van der Waals surface area contributed by atoms with E-state index in [1.54, 1.807) is 0 Å². The number of carbonyl (C=O) groups is 1. The van der Waals surface area contributed by atoms with Crippen molar-refractivity contribution in [2.75, 3.05) is 19.8 Å². The topological polar surface area (TPSA) is 44.4 Å². The standard InChI is InChI=1S/C7H13N3O/c11-7-9-2-1-4-10-5-3-8-6-10/h3,5,7-8H,1-2,4,6H2,(H,9,11). The Morgan fingerprint density at radius 2 is 2.64 bits per heavy atom. The van der Waals surface area contributed by atoms with Crippen LogP contribution in [0.4, 0.5) is 0 Å². The summed E-state index contributed by atoms with van der Waals surface area (Å²) in [6, 6.07) is 0. The average Bonchev–Trinajstić information content (AvgIpc) is 2.50. The Labute approximate surface area is 66.3 Å². The van der Waals surface area contributed by atoms with Crippen LogP contribution in [0.2, 0.25) is 0 Å². The quantitative estimate of drug-likeness (QED) is 0.414. The maximum atomic E-state index is 9.85. The molecular weight excluding hydrogens is 142 g/mol. The van der Waals surface area contributed by atoms with E-state index in [0.29, 0.717) is 0 Å². The number of rotatable bonds is 5. The molecule has 1 amide bonds. The van der Waals surface area contributed by atoms with E-state index in [4.69, 9.17) is 0 Å². The maximum Gasteiger partial charge on any atom is 0.207 e. The fraction of sp³-hybridized carbons (Fsp3) is 0.571. The fourth-order valence-corrected chi connectivity index (χ4v) is 0.978.